The largest absolute Gasteiger partial charge is 0.389 e. The maximum Gasteiger partial charge on any atom is 0.168 e. The first-order valence-electron chi connectivity index (χ1n) is 4.63. The third-order valence-corrected chi connectivity index (χ3v) is 2.00. The van der Waals surface area contributed by atoms with Crippen LogP contribution in [-0.2, 0) is 9.47 Å². The molecular formula is C10H18O3. The van der Waals surface area contributed by atoms with E-state index in [1.807, 2.05) is 26.8 Å². The molecule has 0 aromatic heterocycles. The summed E-state index contributed by atoms with van der Waals surface area (Å²) in [7, 11) is 0. The van der Waals surface area contributed by atoms with E-state index < -0.39 is 11.9 Å². The lowest BCUT2D eigenvalue weighted by atomic mass is 10.1. The molecule has 1 N–H and O–H groups in total. The molecule has 0 amide bonds. The second kappa shape index (κ2) is 4.22. The van der Waals surface area contributed by atoms with Crippen LogP contribution in [-0.4, -0.2) is 30.2 Å². The van der Waals surface area contributed by atoms with Gasteiger partial charge in [-0.15, -0.1) is 0 Å². The molecule has 1 saturated heterocycles. The van der Waals surface area contributed by atoms with E-state index in [-0.39, 0.29) is 0 Å². The molecule has 1 aliphatic rings. The van der Waals surface area contributed by atoms with Crippen LogP contribution in [0.2, 0.25) is 0 Å². The van der Waals surface area contributed by atoms with Crippen LogP contribution >= 0.6 is 0 Å². The van der Waals surface area contributed by atoms with Crippen LogP contribution in [0, 0.1) is 0 Å². The Hall–Kier alpha value is -0.380. The number of hydrogen-bond donors (Lipinski definition) is 1. The van der Waals surface area contributed by atoms with E-state index in [0.29, 0.717) is 19.6 Å². The molecule has 76 valence electrons. The predicted octanol–water partition coefficient (Wildman–Crippen LogP) is 1.47. The van der Waals surface area contributed by atoms with Crippen molar-refractivity contribution < 1.29 is 14.6 Å². The molecule has 1 atom stereocenters. The van der Waals surface area contributed by atoms with E-state index in [1.165, 1.54) is 0 Å². The van der Waals surface area contributed by atoms with Gasteiger partial charge in [-0.2, -0.15) is 0 Å². The Labute approximate surface area is 79.3 Å². The molecule has 1 heterocycles. The Morgan fingerprint density at radius 2 is 2.00 bits per heavy atom. The number of allylic oxidation sites excluding steroid dienone is 1. The summed E-state index contributed by atoms with van der Waals surface area (Å²) in [4.78, 5) is 0. The van der Waals surface area contributed by atoms with Gasteiger partial charge in [0.05, 0.1) is 19.3 Å². The molecule has 0 spiro atoms. The van der Waals surface area contributed by atoms with Crippen molar-refractivity contribution in [3.8, 4) is 0 Å². The third kappa shape index (κ3) is 3.46. The van der Waals surface area contributed by atoms with E-state index in [9.17, 15) is 5.11 Å². The van der Waals surface area contributed by atoms with Crippen molar-refractivity contribution >= 4 is 0 Å². The van der Waals surface area contributed by atoms with Crippen LogP contribution in [0.4, 0.5) is 0 Å². The summed E-state index contributed by atoms with van der Waals surface area (Å²) in [5.41, 5.74) is 1.11. The molecule has 1 aliphatic heterocycles. The summed E-state index contributed by atoms with van der Waals surface area (Å²) < 4.78 is 10.8. The quantitative estimate of drug-likeness (QED) is 0.678. The van der Waals surface area contributed by atoms with Crippen molar-refractivity contribution in [1.82, 2.24) is 0 Å². The lowest BCUT2D eigenvalue weighted by molar-refractivity contribution is -0.158. The normalized spacial score (nSPS) is 22.8. The first-order chi connectivity index (χ1) is 6.02. The summed E-state index contributed by atoms with van der Waals surface area (Å²) in [6, 6.07) is 0. The van der Waals surface area contributed by atoms with Gasteiger partial charge < -0.3 is 14.6 Å². The molecule has 13 heavy (non-hydrogen) atoms. The Morgan fingerprint density at radius 1 is 1.46 bits per heavy atom. The maximum absolute atomic E-state index is 9.61. The fourth-order valence-corrected chi connectivity index (χ4v) is 1.50. The lowest BCUT2D eigenvalue weighted by Crippen LogP contribution is -2.30. The molecule has 3 heteroatoms. The van der Waals surface area contributed by atoms with Crippen molar-refractivity contribution in [2.45, 2.75) is 39.1 Å². The van der Waals surface area contributed by atoms with E-state index in [4.69, 9.17) is 9.47 Å². The van der Waals surface area contributed by atoms with Crippen LogP contribution in [0.3, 0.4) is 0 Å². The van der Waals surface area contributed by atoms with Crippen LogP contribution < -0.4 is 0 Å². The molecule has 1 fully saturated rings. The van der Waals surface area contributed by atoms with Crippen LogP contribution in [0.25, 0.3) is 0 Å². The average molecular weight is 186 g/mol. The molecule has 0 aromatic carbocycles. The highest BCUT2D eigenvalue weighted by molar-refractivity contribution is 4.99. The van der Waals surface area contributed by atoms with Crippen LogP contribution in [0.15, 0.2) is 11.6 Å². The highest BCUT2D eigenvalue weighted by Crippen LogP contribution is 2.24. The zero-order valence-corrected chi connectivity index (χ0v) is 8.54. The van der Waals surface area contributed by atoms with Crippen molar-refractivity contribution in [2.75, 3.05) is 13.2 Å². The maximum atomic E-state index is 9.61. The summed E-state index contributed by atoms with van der Waals surface area (Å²) in [6.07, 6.45) is 1.84. The van der Waals surface area contributed by atoms with Gasteiger partial charge in [0.25, 0.3) is 0 Å². The number of ether oxygens (including phenoxy) is 2. The van der Waals surface area contributed by atoms with Crippen molar-refractivity contribution in [1.29, 1.82) is 0 Å². The molecule has 0 radical (unpaired) electrons. The third-order valence-electron chi connectivity index (χ3n) is 2.00. The number of aliphatic hydroxyl groups excluding tert-OH is 1. The van der Waals surface area contributed by atoms with Gasteiger partial charge in [-0.25, -0.2) is 0 Å². The first kappa shape index (κ1) is 10.7. The summed E-state index contributed by atoms with van der Waals surface area (Å²) in [6.45, 7) is 7.03. The molecule has 0 saturated carbocycles. The van der Waals surface area contributed by atoms with Gasteiger partial charge >= 0.3 is 0 Å². The van der Waals surface area contributed by atoms with Gasteiger partial charge in [0.15, 0.2) is 5.79 Å². The fraction of sp³-hybridized carbons (Fsp3) is 0.800. The topological polar surface area (TPSA) is 38.7 Å². The molecule has 0 bridgehead atoms. The molecule has 0 aromatic rings. The van der Waals surface area contributed by atoms with Gasteiger partial charge in [0.2, 0.25) is 0 Å². The van der Waals surface area contributed by atoms with E-state index in [2.05, 4.69) is 0 Å². The van der Waals surface area contributed by atoms with E-state index in [1.54, 1.807) is 0 Å². The van der Waals surface area contributed by atoms with Gasteiger partial charge in [0, 0.05) is 6.42 Å². The van der Waals surface area contributed by atoms with Gasteiger partial charge in [0.1, 0.15) is 0 Å². The molecule has 0 aliphatic carbocycles. The van der Waals surface area contributed by atoms with Gasteiger partial charge in [-0.05, 0) is 20.8 Å². The Kier molecular flexibility index (Phi) is 3.47. The first-order valence-corrected chi connectivity index (χ1v) is 4.63. The molecule has 1 rings (SSSR count). The number of rotatable bonds is 3. The minimum Gasteiger partial charge on any atom is -0.389 e. The summed E-state index contributed by atoms with van der Waals surface area (Å²) in [5, 5.41) is 9.61. The van der Waals surface area contributed by atoms with Crippen molar-refractivity contribution in [3.05, 3.63) is 11.6 Å². The Morgan fingerprint density at radius 3 is 2.46 bits per heavy atom. The second-order valence-corrected chi connectivity index (χ2v) is 3.85. The predicted molar refractivity (Wildman–Crippen MR) is 50.4 cm³/mol. The molecule has 3 nitrogen and oxygen atoms in total. The average Bonchev–Trinajstić information content (AvgIpc) is 2.33. The Balaban J connectivity index is 2.43. The molecular weight excluding hydrogens is 168 g/mol. The van der Waals surface area contributed by atoms with Gasteiger partial charge in [-0.3, -0.25) is 0 Å². The zero-order valence-electron chi connectivity index (χ0n) is 8.54. The minimum atomic E-state index is -0.592. The Bertz CT molecular complexity index is 188. The SMILES string of the molecule is CC(C)=CC(O)CC1(C)OCCO1. The minimum absolute atomic E-state index is 0.479. The summed E-state index contributed by atoms with van der Waals surface area (Å²) >= 11 is 0. The van der Waals surface area contributed by atoms with Crippen LogP contribution in [0.5, 0.6) is 0 Å². The highest BCUT2D eigenvalue weighted by Gasteiger charge is 2.32. The second-order valence-electron chi connectivity index (χ2n) is 3.85. The highest BCUT2D eigenvalue weighted by atomic mass is 16.7. The zero-order chi connectivity index (χ0) is 9.90. The summed E-state index contributed by atoms with van der Waals surface area (Å²) in [5.74, 6) is -0.592. The van der Waals surface area contributed by atoms with Crippen molar-refractivity contribution in [3.63, 3.8) is 0 Å². The standard InChI is InChI=1S/C10H18O3/c1-8(2)6-9(11)7-10(3)12-4-5-13-10/h6,9,11H,4-5,7H2,1-3H3. The molecule has 1 unspecified atom stereocenters. The van der Waals surface area contributed by atoms with E-state index in [0.717, 1.165) is 5.57 Å². The smallest absolute Gasteiger partial charge is 0.168 e. The van der Waals surface area contributed by atoms with E-state index >= 15 is 0 Å². The van der Waals surface area contributed by atoms with Crippen molar-refractivity contribution in [2.24, 2.45) is 0 Å². The number of hydrogen-bond acceptors (Lipinski definition) is 3. The van der Waals surface area contributed by atoms with Crippen LogP contribution in [0.1, 0.15) is 27.2 Å². The van der Waals surface area contributed by atoms with Gasteiger partial charge in [-0.1, -0.05) is 11.6 Å². The number of aliphatic hydroxyl groups is 1. The monoisotopic (exact) mass is 186 g/mol. The lowest BCUT2D eigenvalue weighted by Gasteiger charge is -2.23. The fourth-order valence-electron chi connectivity index (χ4n) is 1.50.